The van der Waals surface area contributed by atoms with Crippen molar-refractivity contribution in [2.45, 2.75) is 51.5 Å². The standard InChI is InChI=1S/C10H23ClO2Si/c1-4-5-6-7-8-9-10-14(11,12-2)13-3/h4-10H2,1-3H3. The van der Waals surface area contributed by atoms with Crippen molar-refractivity contribution in [1.29, 1.82) is 0 Å². The average molecular weight is 239 g/mol. The van der Waals surface area contributed by atoms with E-state index in [1.807, 2.05) is 0 Å². The van der Waals surface area contributed by atoms with Gasteiger partial charge in [0, 0.05) is 20.3 Å². The van der Waals surface area contributed by atoms with Crippen LogP contribution in [0.4, 0.5) is 0 Å². The van der Waals surface area contributed by atoms with Crippen LogP contribution in [-0.2, 0) is 8.85 Å². The second-order valence-electron chi connectivity index (χ2n) is 3.59. The first-order valence-corrected chi connectivity index (χ1v) is 8.51. The van der Waals surface area contributed by atoms with Gasteiger partial charge in [-0.2, -0.15) is 0 Å². The third-order valence-corrected chi connectivity index (χ3v) is 6.10. The molecule has 86 valence electrons. The minimum Gasteiger partial charge on any atom is -0.386 e. The van der Waals surface area contributed by atoms with E-state index in [0.717, 1.165) is 12.5 Å². The van der Waals surface area contributed by atoms with Gasteiger partial charge in [0.15, 0.2) is 0 Å². The smallest absolute Gasteiger partial charge is 0.386 e. The number of halogens is 1. The molecule has 0 aliphatic heterocycles. The Balaban J connectivity index is 3.34. The molecule has 0 aromatic heterocycles. The summed E-state index contributed by atoms with van der Waals surface area (Å²) in [6.45, 7) is 2.23. The Bertz CT molecular complexity index is 129. The van der Waals surface area contributed by atoms with E-state index in [1.165, 1.54) is 32.1 Å². The first-order valence-electron chi connectivity index (χ1n) is 5.47. The van der Waals surface area contributed by atoms with E-state index in [0.29, 0.717) is 0 Å². The molecule has 14 heavy (non-hydrogen) atoms. The zero-order valence-electron chi connectivity index (χ0n) is 9.64. The molecular weight excluding hydrogens is 216 g/mol. The van der Waals surface area contributed by atoms with Crippen molar-refractivity contribution in [3.63, 3.8) is 0 Å². The van der Waals surface area contributed by atoms with Crippen molar-refractivity contribution in [2.75, 3.05) is 14.2 Å². The largest absolute Gasteiger partial charge is 0.442 e. The minimum absolute atomic E-state index is 0.897. The van der Waals surface area contributed by atoms with Crippen molar-refractivity contribution >= 4 is 18.9 Å². The van der Waals surface area contributed by atoms with Crippen LogP contribution in [-0.4, -0.2) is 22.1 Å². The summed E-state index contributed by atoms with van der Waals surface area (Å²) in [5, 5.41) is 0. The Morgan fingerprint density at radius 2 is 1.43 bits per heavy atom. The van der Waals surface area contributed by atoms with Crippen LogP contribution in [0.15, 0.2) is 0 Å². The van der Waals surface area contributed by atoms with Gasteiger partial charge in [-0.15, -0.1) is 0 Å². The molecule has 0 N–H and O–H groups in total. The molecule has 0 rings (SSSR count). The van der Waals surface area contributed by atoms with Crippen molar-refractivity contribution in [3.8, 4) is 0 Å². The summed E-state index contributed by atoms with van der Waals surface area (Å²) in [5.41, 5.74) is 0. The van der Waals surface area contributed by atoms with E-state index in [2.05, 4.69) is 6.92 Å². The molecule has 0 fully saturated rings. The number of rotatable bonds is 9. The molecule has 0 aliphatic rings. The van der Waals surface area contributed by atoms with Gasteiger partial charge < -0.3 is 8.85 Å². The van der Waals surface area contributed by atoms with E-state index in [4.69, 9.17) is 19.9 Å². The van der Waals surface area contributed by atoms with Crippen LogP contribution >= 0.6 is 11.1 Å². The molecule has 0 atom stereocenters. The summed E-state index contributed by atoms with van der Waals surface area (Å²) in [7, 11) is 0.984. The van der Waals surface area contributed by atoms with Gasteiger partial charge in [0.25, 0.3) is 0 Å². The van der Waals surface area contributed by atoms with E-state index in [9.17, 15) is 0 Å². The molecule has 0 amide bonds. The van der Waals surface area contributed by atoms with Crippen LogP contribution in [0.2, 0.25) is 6.04 Å². The number of unbranched alkanes of at least 4 members (excludes halogenated alkanes) is 5. The Kier molecular flexibility index (Phi) is 8.98. The molecule has 0 unspecified atom stereocenters. The van der Waals surface area contributed by atoms with Gasteiger partial charge >= 0.3 is 7.87 Å². The lowest BCUT2D eigenvalue weighted by Gasteiger charge is -2.19. The fraction of sp³-hybridized carbons (Fsp3) is 1.00. The highest BCUT2D eigenvalue weighted by atomic mass is 35.6. The average Bonchev–Trinajstić information content (AvgIpc) is 2.23. The Morgan fingerprint density at radius 1 is 0.929 bits per heavy atom. The Hall–Kier alpha value is 0.427. The highest BCUT2D eigenvalue weighted by Crippen LogP contribution is 2.20. The zero-order chi connectivity index (χ0) is 10.9. The van der Waals surface area contributed by atoms with Gasteiger partial charge in [-0.1, -0.05) is 56.5 Å². The normalized spacial score (nSPS) is 12.0. The molecule has 0 radical (unpaired) electrons. The van der Waals surface area contributed by atoms with Crippen molar-refractivity contribution in [2.24, 2.45) is 0 Å². The summed E-state index contributed by atoms with van der Waals surface area (Å²) in [6, 6.07) is 0.897. The van der Waals surface area contributed by atoms with E-state index in [-0.39, 0.29) is 0 Å². The van der Waals surface area contributed by atoms with Crippen LogP contribution < -0.4 is 0 Å². The maximum atomic E-state index is 6.14. The van der Waals surface area contributed by atoms with Gasteiger partial charge in [0.1, 0.15) is 0 Å². The second-order valence-corrected chi connectivity index (χ2v) is 7.95. The molecule has 0 spiro atoms. The summed E-state index contributed by atoms with van der Waals surface area (Å²) in [5.74, 6) is 0. The molecule has 0 aromatic rings. The molecule has 0 aromatic carbocycles. The predicted octanol–water partition coefficient (Wildman–Crippen LogP) is 3.82. The quantitative estimate of drug-likeness (QED) is 0.346. The first kappa shape index (κ1) is 14.4. The van der Waals surface area contributed by atoms with E-state index in [1.54, 1.807) is 14.2 Å². The molecule has 2 nitrogen and oxygen atoms in total. The van der Waals surface area contributed by atoms with Gasteiger partial charge in [0.05, 0.1) is 0 Å². The monoisotopic (exact) mass is 238 g/mol. The SMILES string of the molecule is CCCCCCCC[Si](Cl)(OC)OC. The van der Waals surface area contributed by atoms with Gasteiger partial charge in [-0.05, 0) is 0 Å². The van der Waals surface area contributed by atoms with Crippen LogP contribution in [0.5, 0.6) is 0 Å². The van der Waals surface area contributed by atoms with E-state index < -0.39 is 7.87 Å². The fourth-order valence-electron chi connectivity index (χ4n) is 1.40. The molecule has 0 saturated carbocycles. The van der Waals surface area contributed by atoms with Crippen LogP contribution in [0.3, 0.4) is 0 Å². The van der Waals surface area contributed by atoms with Gasteiger partial charge in [-0.3, -0.25) is 0 Å². The molecule has 4 heteroatoms. The molecular formula is C10H23ClO2Si. The summed E-state index contributed by atoms with van der Waals surface area (Å²) >= 11 is 6.14. The van der Waals surface area contributed by atoms with E-state index >= 15 is 0 Å². The second kappa shape index (κ2) is 8.71. The Morgan fingerprint density at radius 3 is 1.93 bits per heavy atom. The summed E-state index contributed by atoms with van der Waals surface area (Å²) in [4.78, 5) is 0. The lowest BCUT2D eigenvalue weighted by atomic mass is 10.1. The topological polar surface area (TPSA) is 18.5 Å². The maximum absolute atomic E-state index is 6.14. The lowest BCUT2D eigenvalue weighted by Crippen LogP contribution is -2.32. The number of hydrogen-bond acceptors (Lipinski definition) is 2. The van der Waals surface area contributed by atoms with Crippen molar-refractivity contribution in [3.05, 3.63) is 0 Å². The highest BCUT2D eigenvalue weighted by Gasteiger charge is 2.32. The van der Waals surface area contributed by atoms with Gasteiger partial charge in [0.2, 0.25) is 0 Å². The zero-order valence-corrected chi connectivity index (χ0v) is 11.4. The van der Waals surface area contributed by atoms with Gasteiger partial charge in [-0.25, -0.2) is 0 Å². The fourth-order valence-corrected chi connectivity index (χ4v) is 3.05. The third kappa shape index (κ3) is 6.82. The molecule has 0 bridgehead atoms. The van der Waals surface area contributed by atoms with Crippen LogP contribution in [0.1, 0.15) is 45.4 Å². The first-order chi connectivity index (χ1) is 6.68. The minimum atomic E-state index is -2.29. The molecule has 0 aliphatic carbocycles. The van der Waals surface area contributed by atoms with Crippen LogP contribution in [0, 0.1) is 0 Å². The summed E-state index contributed by atoms with van der Waals surface area (Å²) < 4.78 is 10.4. The molecule has 0 heterocycles. The third-order valence-electron chi connectivity index (χ3n) is 2.44. The molecule has 0 saturated heterocycles. The summed E-state index contributed by atoms with van der Waals surface area (Å²) in [6.07, 6.45) is 7.66. The predicted molar refractivity (Wildman–Crippen MR) is 63.8 cm³/mol. The van der Waals surface area contributed by atoms with Crippen LogP contribution in [0.25, 0.3) is 0 Å². The number of hydrogen-bond donors (Lipinski definition) is 0. The van der Waals surface area contributed by atoms with Crippen molar-refractivity contribution < 1.29 is 8.85 Å². The lowest BCUT2D eigenvalue weighted by molar-refractivity contribution is 0.264. The highest BCUT2D eigenvalue weighted by molar-refractivity contribution is 7.12. The Labute approximate surface area is 93.9 Å². The maximum Gasteiger partial charge on any atom is 0.442 e. The van der Waals surface area contributed by atoms with Crippen molar-refractivity contribution in [1.82, 2.24) is 0 Å².